The van der Waals surface area contributed by atoms with Crippen LogP contribution in [-0.4, -0.2) is 23.0 Å². The van der Waals surface area contributed by atoms with Crippen molar-refractivity contribution in [2.75, 3.05) is 12.4 Å². The van der Waals surface area contributed by atoms with Crippen LogP contribution < -0.4 is 5.32 Å². The summed E-state index contributed by atoms with van der Waals surface area (Å²) >= 11 is 3.31. The summed E-state index contributed by atoms with van der Waals surface area (Å²) in [5.41, 5.74) is 0.814. The molecule has 1 N–H and O–H groups in total. The first-order chi connectivity index (χ1) is 6.06. The van der Waals surface area contributed by atoms with Crippen LogP contribution in [0.4, 0.5) is 10.6 Å². The first-order valence-corrected chi connectivity index (χ1v) is 4.39. The van der Waals surface area contributed by atoms with Crippen molar-refractivity contribution in [3.05, 3.63) is 10.2 Å². The Bertz CT molecular complexity index is 335. The predicted molar refractivity (Wildman–Crippen MR) is 51.7 cm³/mol. The van der Waals surface area contributed by atoms with Crippen molar-refractivity contribution in [3.8, 4) is 0 Å². The van der Waals surface area contributed by atoms with Gasteiger partial charge in [-0.3, -0.25) is 10.00 Å². The average Bonchev–Trinajstić information content (AvgIpc) is 2.32. The normalized spacial score (nSPS) is 9.85. The number of nitrogens with one attached hydrogen (secondary N) is 1. The highest BCUT2D eigenvalue weighted by Gasteiger charge is 2.12. The number of nitrogens with zero attached hydrogens (tertiary/aromatic N) is 2. The summed E-state index contributed by atoms with van der Waals surface area (Å²) in [4.78, 5) is 10.9. The molecule has 1 aromatic rings. The summed E-state index contributed by atoms with van der Waals surface area (Å²) in [6.45, 7) is 1.84. The molecule has 1 amide bonds. The molecule has 1 aromatic heterocycles. The number of hydrogen-bond donors (Lipinski definition) is 1. The van der Waals surface area contributed by atoms with Gasteiger partial charge in [0.25, 0.3) is 0 Å². The number of aromatic nitrogens is 2. The van der Waals surface area contributed by atoms with Crippen LogP contribution in [0.5, 0.6) is 0 Å². The van der Waals surface area contributed by atoms with Crippen LogP contribution in [0.1, 0.15) is 5.69 Å². The minimum Gasteiger partial charge on any atom is -0.453 e. The number of aryl methyl sites for hydroxylation is 2. The van der Waals surface area contributed by atoms with Crippen molar-refractivity contribution < 1.29 is 9.53 Å². The first kappa shape index (κ1) is 10.0. The maximum absolute atomic E-state index is 10.9. The fraction of sp³-hybridized carbons (Fsp3) is 0.429. The Kier molecular flexibility index (Phi) is 2.92. The molecule has 0 aliphatic rings. The van der Waals surface area contributed by atoms with Crippen molar-refractivity contribution in [1.82, 2.24) is 9.78 Å². The molecule has 5 nitrogen and oxygen atoms in total. The van der Waals surface area contributed by atoms with Gasteiger partial charge in [0.05, 0.1) is 17.3 Å². The highest BCUT2D eigenvalue weighted by Crippen LogP contribution is 2.24. The van der Waals surface area contributed by atoms with E-state index in [1.807, 2.05) is 6.92 Å². The third-order valence-electron chi connectivity index (χ3n) is 1.56. The zero-order valence-electron chi connectivity index (χ0n) is 7.59. The molecule has 0 bridgehead atoms. The third kappa shape index (κ3) is 2.00. The van der Waals surface area contributed by atoms with Gasteiger partial charge in [0.15, 0.2) is 0 Å². The Morgan fingerprint density at radius 1 is 1.69 bits per heavy atom. The summed E-state index contributed by atoms with van der Waals surface area (Å²) in [6.07, 6.45) is -0.510. The number of carbonyl (C=O) groups excluding carboxylic acids is 1. The van der Waals surface area contributed by atoms with Crippen LogP contribution in [0.2, 0.25) is 0 Å². The highest BCUT2D eigenvalue weighted by molar-refractivity contribution is 9.10. The standard InChI is InChI=1S/C7H10BrN3O2/c1-4-5(8)6(11(2)10-4)9-7(12)13-3/h1-3H3,(H,9,12). The highest BCUT2D eigenvalue weighted by atomic mass is 79.9. The molecule has 0 spiro atoms. The number of ether oxygens (including phenoxy) is 1. The number of anilines is 1. The fourth-order valence-electron chi connectivity index (χ4n) is 0.916. The van der Waals surface area contributed by atoms with Crippen LogP contribution >= 0.6 is 15.9 Å². The van der Waals surface area contributed by atoms with Gasteiger partial charge >= 0.3 is 6.09 Å². The molecule has 0 fully saturated rings. The monoisotopic (exact) mass is 247 g/mol. The summed E-state index contributed by atoms with van der Waals surface area (Å²) in [5, 5.41) is 6.64. The van der Waals surface area contributed by atoms with Crippen LogP contribution in [0.3, 0.4) is 0 Å². The SMILES string of the molecule is COC(=O)Nc1c(Br)c(C)nn1C. The molecular weight excluding hydrogens is 238 g/mol. The molecule has 0 aromatic carbocycles. The summed E-state index contributed by atoms with van der Waals surface area (Å²) in [7, 11) is 3.05. The number of carbonyl (C=O) groups is 1. The Labute approximate surface area is 84.2 Å². The molecule has 0 aliphatic carbocycles. The molecule has 0 atom stereocenters. The van der Waals surface area contributed by atoms with E-state index < -0.39 is 6.09 Å². The maximum atomic E-state index is 10.9. The number of methoxy groups -OCH3 is 1. The van der Waals surface area contributed by atoms with Gasteiger partial charge in [-0.1, -0.05) is 0 Å². The van der Waals surface area contributed by atoms with Crippen molar-refractivity contribution in [3.63, 3.8) is 0 Å². The summed E-state index contributed by atoms with van der Waals surface area (Å²) < 4.78 is 6.79. The van der Waals surface area contributed by atoms with E-state index in [0.717, 1.165) is 10.2 Å². The number of amides is 1. The van der Waals surface area contributed by atoms with Gasteiger partial charge in [-0.15, -0.1) is 0 Å². The molecule has 0 saturated heterocycles. The number of halogens is 1. The van der Waals surface area contributed by atoms with Gasteiger partial charge in [-0.05, 0) is 22.9 Å². The minimum absolute atomic E-state index is 0.510. The number of hydrogen-bond acceptors (Lipinski definition) is 3. The zero-order valence-corrected chi connectivity index (χ0v) is 9.17. The second-order valence-electron chi connectivity index (χ2n) is 2.49. The Balaban J connectivity index is 2.94. The fourth-order valence-corrected chi connectivity index (χ4v) is 1.35. The lowest BCUT2D eigenvalue weighted by Gasteiger charge is -2.03. The molecule has 1 rings (SSSR count). The lowest BCUT2D eigenvalue weighted by molar-refractivity contribution is 0.186. The van der Waals surface area contributed by atoms with Crippen LogP contribution in [0.25, 0.3) is 0 Å². The van der Waals surface area contributed by atoms with E-state index in [0.29, 0.717) is 5.82 Å². The second-order valence-corrected chi connectivity index (χ2v) is 3.28. The van der Waals surface area contributed by atoms with Crippen LogP contribution in [0, 0.1) is 6.92 Å². The van der Waals surface area contributed by atoms with Crippen molar-refractivity contribution in [2.45, 2.75) is 6.92 Å². The van der Waals surface area contributed by atoms with Gasteiger partial charge < -0.3 is 4.74 Å². The van der Waals surface area contributed by atoms with Gasteiger partial charge in [0.2, 0.25) is 0 Å². The van der Waals surface area contributed by atoms with Gasteiger partial charge in [-0.25, -0.2) is 4.79 Å². The number of rotatable bonds is 1. The smallest absolute Gasteiger partial charge is 0.412 e. The molecule has 0 unspecified atom stereocenters. The zero-order chi connectivity index (χ0) is 10.0. The van der Waals surface area contributed by atoms with E-state index in [2.05, 4.69) is 31.1 Å². The molecule has 0 aliphatic heterocycles. The molecule has 0 saturated carbocycles. The van der Waals surface area contributed by atoms with Gasteiger partial charge in [0.1, 0.15) is 5.82 Å². The first-order valence-electron chi connectivity index (χ1n) is 3.60. The average molecular weight is 248 g/mol. The maximum Gasteiger partial charge on any atom is 0.412 e. The lowest BCUT2D eigenvalue weighted by Crippen LogP contribution is -2.14. The minimum atomic E-state index is -0.510. The molecule has 13 heavy (non-hydrogen) atoms. The molecule has 72 valence electrons. The molecule has 1 heterocycles. The van der Waals surface area contributed by atoms with Crippen LogP contribution in [-0.2, 0) is 11.8 Å². The third-order valence-corrected chi connectivity index (χ3v) is 2.50. The van der Waals surface area contributed by atoms with E-state index in [1.165, 1.54) is 7.11 Å². The molecule has 6 heteroatoms. The van der Waals surface area contributed by atoms with E-state index in [1.54, 1.807) is 11.7 Å². The largest absolute Gasteiger partial charge is 0.453 e. The Hall–Kier alpha value is -1.04. The predicted octanol–water partition coefficient (Wildman–Crippen LogP) is 1.67. The second kappa shape index (κ2) is 3.78. The Morgan fingerprint density at radius 3 is 2.69 bits per heavy atom. The van der Waals surface area contributed by atoms with E-state index in [4.69, 9.17) is 0 Å². The molecule has 0 radical (unpaired) electrons. The quantitative estimate of drug-likeness (QED) is 0.822. The van der Waals surface area contributed by atoms with Crippen molar-refractivity contribution >= 4 is 27.8 Å². The van der Waals surface area contributed by atoms with E-state index >= 15 is 0 Å². The van der Waals surface area contributed by atoms with Crippen molar-refractivity contribution in [2.24, 2.45) is 7.05 Å². The molecular formula is C7H10BrN3O2. The van der Waals surface area contributed by atoms with E-state index in [-0.39, 0.29) is 0 Å². The summed E-state index contributed by atoms with van der Waals surface area (Å²) in [6, 6.07) is 0. The van der Waals surface area contributed by atoms with Gasteiger partial charge in [0, 0.05) is 7.05 Å². The summed E-state index contributed by atoms with van der Waals surface area (Å²) in [5.74, 6) is 0.587. The lowest BCUT2D eigenvalue weighted by atomic mass is 10.5. The van der Waals surface area contributed by atoms with E-state index in [9.17, 15) is 4.79 Å². The van der Waals surface area contributed by atoms with Gasteiger partial charge in [-0.2, -0.15) is 5.10 Å². The van der Waals surface area contributed by atoms with Crippen LogP contribution in [0.15, 0.2) is 4.47 Å². The van der Waals surface area contributed by atoms with Crippen molar-refractivity contribution in [1.29, 1.82) is 0 Å². The Morgan fingerprint density at radius 2 is 2.31 bits per heavy atom. The topological polar surface area (TPSA) is 56.1 Å².